The molecular formula is C6H5BO4S. The summed E-state index contributed by atoms with van der Waals surface area (Å²) in [5, 5.41) is 17.5. The molecule has 0 fully saturated rings. The van der Waals surface area contributed by atoms with Crippen LogP contribution in [-0.2, 0) is 0 Å². The molecule has 0 unspecified atom stereocenters. The zero-order chi connectivity index (χ0) is 9.14. The fraction of sp³-hybridized carbons (Fsp3) is 0. The Morgan fingerprint density at radius 1 is 1.33 bits per heavy atom. The molecule has 1 aromatic heterocycles. The summed E-state index contributed by atoms with van der Waals surface area (Å²) in [4.78, 5) is 21.1. The lowest BCUT2D eigenvalue weighted by molar-refractivity contribution is 0.112. The molecule has 0 saturated heterocycles. The van der Waals surface area contributed by atoms with Gasteiger partial charge in [-0.25, -0.2) is 0 Å². The Balaban J connectivity index is 3.16. The van der Waals surface area contributed by atoms with Gasteiger partial charge >= 0.3 is 7.12 Å². The molecule has 1 rings (SSSR count). The van der Waals surface area contributed by atoms with Gasteiger partial charge in [0.25, 0.3) is 0 Å². The van der Waals surface area contributed by atoms with Crippen LogP contribution in [-0.4, -0.2) is 29.7 Å². The molecule has 0 spiro atoms. The lowest BCUT2D eigenvalue weighted by atomic mass is 9.80. The molecule has 0 aliphatic heterocycles. The third-order valence-corrected chi connectivity index (χ3v) is 2.31. The average Bonchev–Trinajstić information content (AvgIpc) is 2.47. The van der Waals surface area contributed by atoms with Gasteiger partial charge in [-0.15, -0.1) is 11.3 Å². The predicted molar refractivity (Wildman–Crippen MR) is 44.9 cm³/mol. The van der Waals surface area contributed by atoms with Crippen LogP contribution in [0.2, 0.25) is 0 Å². The van der Waals surface area contributed by atoms with Crippen molar-refractivity contribution >= 4 is 36.5 Å². The first-order chi connectivity index (χ1) is 5.69. The van der Waals surface area contributed by atoms with Crippen LogP contribution in [0.5, 0.6) is 0 Å². The van der Waals surface area contributed by atoms with E-state index in [0.29, 0.717) is 17.4 Å². The number of hydrogen-bond donors (Lipinski definition) is 2. The molecule has 0 aliphatic rings. The second kappa shape index (κ2) is 3.62. The Kier molecular flexibility index (Phi) is 2.75. The Bertz CT molecular complexity index is 306. The maximum atomic E-state index is 10.3. The van der Waals surface area contributed by atoms with Crippen LogP contribution in [0.15, 0.2) is 6.07 Å². The topological polar surface area (TPSA) is 74.6 Å². The van der Waals surface area contributed by atoms with E-state index in [0.717, 1.165) is 11.3 Å². The SMILES string of the molecule is O=Cc1cc(B(O)O)c(C=O)s1. The summed E-state index contributed by atoms with van der Waals surface area (Å²) in [5.41, 5.74) is 0.0806. The summed E-state index contributed by atoms with van der Waals surface area (Å²) in [6.45, 7) is 0. The molecule has 62 valence electrons. The minimum absolute atomic E-state index is 0.0806. The van der Waals surface area contributed by atoms with E-state index in [1.165, 1.54) is 6.07 Å². The minimum atomic E-state index is -1.70. The number of hydrogen-bond acceptors (Lipinski definition) is 5. The maximum absolute atomic E-state index is 10.3. The Hall–Kier alpha value is -0.975. The Morgan fingerprint density at radius 2 is 2.00 bits per heavy atom. The van der Waals surface area contributed by atoms with Crippen molar-refractivity contribution in [3.8, 4) is 0 Å². The summed E-state index contributed by atoms with van der Waals surface area (Å²) in [6.07, 6.45) is 1.05. The number of carbonyl (C=O) groups is 2. The highest BCUT2D eigenvalue weighted by atomic mass is 32.1. The highest BCUT2D eigenvalue weighted by Crippen LogP contribution is 2.10. The third-order valence-electron chi connectivity index (χ3n) is 1.31. The number of thiophene rings is 1. The molecule has 1 heterocycles. The molecule has 0 saturated carbocycles. The standard InChI is InChI=1S/C6H5BO4S/c8-2-4-1-5(7(10)11)6(3-9)12-4/h1-3,10-11H. The molecular weight excluding hydrogens is 179 g/mol. The van der Waals surface area contributed by atoms with Crippen molar-refractivity contribution in [3.05, 3.63) is 15.8 Å². The molecule has 0 amide bonds. The van der Waals surface area contributed by atoms with Gasteiger partial charge in [0.15, 0.2) is 12.6 Å². The number of rotatable bonds is 3. The van der Waals surface area contributed by atoms with E-state index in [1.807, 2.05) is 0 Å². The van der Waals surface area contributed by atoms with Gasteiger partial charge in [0, 0.05) is 5.46 Å². The summed E-state index contributed by atoms with van der Waals surface area (Å²) in [5.74, 6) is 0. The number of aldehydes is 2. The second-order valence-electron chi connectivity index (χ2n) is 2.08. The summed E-state index contributed by atoms with van der Waals surface area (Å²) < 4.78 is 0. The van der Waals surface area contributed by atoms with E-state index in [9.17, 15) is 9.59 Å². The molecule has 0 atom stereocenters. The third kappa shape index (κ3) is 1.61. The van der Waals surface area contributed by atoms with Crippen LogP contribution in [0.1, 0.15) is 19.3 Å². The summed E-state index contributed by atoms with van der Waals surface area (Å²) >= 11 is 0.932. The van der Waals surface area contributed by atoms with Crippen molar-refractivity contribution in [1.29, 1.82) is 0 Å². The number of carbonyl (C=O) groups excluding carboxylic acids is 2. The van der Waals surface area contributed by atoms with Gasteiger partial charge in [0.05, 0.1) is 9.75 Å². The van der Waals surface area contributed by atoms with Gasteiger partial charge in [-0.05, 0) is 6.07 Å². The van der Waals surface area contributed by atoms with Gasteiger partial charge in [0.2, 0.25) is 0 Å². The largest absolute Gasteiger partial charge is 0.490 e. The van der Waals surface area contributed by atoms with E-state index in [4.69, 9.17) is 10.0 Å². The van der Waals surface area contributed by atoms with E-state index in [1.54, 1.807) is 0 Å². The van der Waals surface area contributed by atoms with Gasteiger partial charge in [0.1, 0.15) is 0 Å². The van der Waals surface area contributed by atoms with Crippen molar-refractivity contribution in [2.75, 3.05) is 0 Å². The molecule has 0 aliphatic carbocycles. The second-order valence-corrected chi connectivity index (χ2v) is 3.19. The first-order valence-electron chi connectivity index (χ1n) is 3.09. The van der Waals surface area contributed by atoms with Crippen LogP contribution in [0.25, 0.3) is 0 Å². The van der Waals surface area contributed by atoms with E-state index in [-0.39, 0.29) is 10.3 Å². The fourth-order valence-electron chi connectivity index (χ4n) is 0.792. The zero-order valence-corrected chi connectivity index (χ0v) is 6.75. The van der Waals surface area contributed by atoms with Gasteiger partial charge in [-0.3, -0.25) is 9.59 Å². The van der Waals surface area contributed by atoms with Crippen LogP contribution in [0.4, 0.5) is 0 Å². The molecule has 1 aromatic rings. The van der Waals surface area contributed by atoms with Gasteiger partial charge < -0.3 is 10.0 Å². The zero-order valence-electron chi connectivity index (χ0n) is 5.93. The fourth-order valence-corrected chi connectivity index (χ4v) is 1.61. The monoisotopic (exact) mass is 184 g/mol. The molecule has 6 heteroatoms. The normalized spacial score (nSPS) is 9.50. The van der Waals surface area contributed by atoms with Gasteiger partial charge in [-0.2, -0.15) is 0 Å². The highest BCUT2D eigenvalue weighted by Gasteiger charge is 2.18. The van der Waals surface area contributed by atoms with E-state index < -0.39 is 7.12 Å². The van der Waals surface area contributed by atoms with Crippen LogP contribution in [0.3, 0.4) is 0 Å². The lowest BCUT2D eigenvalue weighted by Crippen LogP contribution is -2.30. The molecule has 4 nitrogen and oxygen atoms in total. The Morgan fingerprint density at radius 3 is 2.33 bits per heavy atom. The van der Waals surface area contributed by atoms with Crippen molar-refractivity contribution in [2.24, 2.45) is 0 Å². The van der Waals surface area contributed by atoms with Crippen LogP contribution < -0.4 is 5.46 Å². The molecule has 2 N–H and O–H groups in total. The average molecular weight is 184 g/mol. The maximum Gasteiger partial charge on any atom is 0.490 e. The smallest absolute Gasteiger partial charge is 0.423 e. The summed E-state index contributed by atoms with van der Waals surface area (Å²) in [7, 11) is -1.70. The van der Waals surface area contributed by atoms with Crippen molar-refractivity contribution in [1.82, 2.24) is 0 Å². The lowest BCUT2D eigenvalue weighted by Gasteiger charge is -1.92. The predicted octanol–water partition coefficient (Wildman–Crippen LogP) is -0.947. The quantitative estimate of drug-likeness (QED) is 0.469. The molecule has 12 heavy (non-hydrogen) atoms. The van der Waals surface area contributed by atoms with Crippen molar-refractivity contribution < 1.29 is 19.6 Å². The van der Waals surface area contributed by atoms with Crippen molar-refractivity contribution in [2.45, 2.75) is 0 Å². The molecule has 0 bridgehead atoms. The molecule has 0 aromatic carbocycles. The van der Waals surface area contributed by atoms with Crippen LogP contribution >= 0.6 is 11.3 Å². The van der Waals surface area contributed by atoms with Crippen LogP contribution in [0, 0.1) is 0 Å². The van der Waals surface area contributed by atoms with Crippen molar-refractivity contribution in [3.63, 3.8) is 0 Å². The Labute approximate surface area is 72.6 Å². The highest BCUT2D eigenvalue weighted by molar-refractivity contribution is 7.16. The minimum Gasteiger partial charge on any atom is -0.423 e. The first-order valence-corrected chi connectivity index (χ1v) is 3.91. The van der Waals surface area contributed by atoms with E-state index >= 15 is 0 Å². The first kappa shape index (κ1) is 9.12. The van der Waals surface area contributed by atoms with E-state index in [2.05, 4.69) is 0 Å². The summed E-state index contributed by atoms with van der Waals surface area (Å²) in [6, 6.07) is 1.28. The molecule has 0 radical (unpaired) electrons. The van der Waals surface area contributed by atoms with Gasteiger partial charge in [-0.1, -0.05) is 0 Å².